The van der Waals surface area contributed by atoms with Crippen LogP contribution in [0, 0.1) is 12.8 Å². The number of nitrogen functional groups attached to an aromatic ring is 1. The molecule has 1 aromatic heterocycles. The van der Waals surface area contributed by atoms with Gasteiger partial charge < -0.3 is 5.73 Å². The Labute approximate surface area is 91.1 Å². The van der Waals surface area contributed by atoms with Gasteiger partial charge in [-0.3, -0.25) is 4.98 Å². The second-order valence-corrected chi connectivity index (χ2v) is 4.73. The predicted octanol–water partition coefficient (Wildman–Crippen LogP) is 2.66. The van der Waals surface area contributed by atoms with E-state index in [-0.39, 0.29) is 0 Å². The first-order valence-corrected chi connectivity index (χ1v) is 5.76. The molecule has 82 valence electrons. The van der Waals surface area contributed by atoms with Crippen LogP contribution in [-0.4, -0.2) is 9.97 Å². The van der Waals surface area contributed by atoms with E-state index in [0.29, 0.717) is 11.7 Å². The van der Waals surface area contributed by atoms with Crippen LogP contribution in [0.4, 0.5) is 5.82 Å². The molecule has 1 heterocycles. The van der Waals surface area contributed by atoms with Gasteiger partial charge in [-0.15, -0.1) is 0 Å². The summed E-state index contributed by atoms with van der Waals surface area (Å²) in [6, 6.07) is 0. The van der Waals surface area contributed by atoms with Crippen LogP contribution in [-0.2, 0) is 0 Å². The van der Waals surface area contributed by atoms with E-state index in [4.69, 9.17) is 5.73 Å². The van der Waals surface area contributed by atoms with Crippen molar-refractivity contribution in [3.8, 4) is 0 Å². The summed E-state index contributed by atoms with van der Waals surface area (Å²) < 4.78 is 0. The van der Waals surface area contributed by atoms with E-state index >= 15 is 0 Å². The summed E-state index contributed by atoms with van der Waals surface area (Å²) in [5.41, 5.74) is 7.67. The van der Waals surface area contributed by atoms with Crippen LogP contribution < -0.4 is 5.73 Å². The fourth-order valence-electron chi connectivity index (χ4n) is 2.41. The molecule has 0 amide bonds. The number of nitrogens with zero attached hydrogens (tertiary/aromatic N) is 2. The maximum Gasteiger partial charge on any atom is 0.144 e. The van der Waals surface area contributed by atoms with Gasteiger partial charge >= 0.3 is 0 Å². The summed E-state index contributed by atoms with van der Waals surface area (Å²) in [7, 11) is 0. The zero-order valence-corrected chi connectivity index (χ0v) is 9.53. The highest BCUT2D eigenvalue weighted by Crippen LogP contribution is 2.34. The second-order valence-electron chi connectivity index (χ2n) is 4.73. The van der Waals surface area contributed by atoms with Gasteiger partial charge in [-0.25, -0.2) is 4.98 Å². The highest BCUT2D eigenvalue weighted by molar-refractivity contribution is 5.33. The summed E-state index contributed by atoms with van der Waals surface area (Å²) >= 11 is 0. The van der Waals surface area contributed by atoms with Gasteiger partial charge in [-0.1, -0.05) is 19.8 Å². The molecule has 2 atom stereocenters. The van der Waals surface area contributed by atoms with Gasteiger partial charge in [0.1, 0.15) is 5.82 Å². The van der Waals surface area contributed by atoms with Crippen molar-refractivity contribution in [2.75, 3.05) is 5.73 Å². The first kappa shape index (κ1) is 10.4. The number of nitrogens with two attached hydrogens (primary N) is 1. The smallest absolute Gasteiger partial charge is 0.144 e. The molecule has 2 rings (SSSR count). The van der Waals surface area contributed by atoms with E-state index in [1.165, 1.54) is 25.7 Å². The maximum absolute atomic E-state index is 5.67. The van der Waals surface area contributed by atoms with Crippen molar-refractivity contribution in [2.24, 2.45) is 5.92 Å². The minimum atomic E-state index is 0.558. The average Bonchev–Trinajstić information content (AvgIpc) is 2.22. The van der Waals surface area contributed by atoms with E-state index in [1.807, 2.05) is 13.1 Å². The van der Waals surface area contributed by atoms with Gasteiger partial charge in [0.25, 0.3) is 0 Å². The van der Waals surface area contributed by atoms with Gasteiger partial charge in [0, 0.05) is 5.92 Å². The quantitative estimate of drug-likeness (QED) is 0.766. The molecule has 1 aliphatic rings. The summed E-state index contributed by atoms with van der Waals surface area (Å²) in [6.45, 7) is 4.25. The monoisotopic (exact) mass is 205 g/mol. The summed E-state index contributed by atoms with van der Waals surface area (Å²) in [5, 5.41) is 0. The summed E-state index contributed by atoms with van der Waals surface area (Å²) in [4.78, 5) is 8.74. The largest absolute Gasteiger partial charge is 0.382 e. The van der Waals surface area contributed by atoms with Crippen LogP contribution in [0.15, 0.2) is 6.20 Å². The lowest BCUT2D eigenvalue weighted by molar-refractivity contribution is 0.339. The molecule has 0 aromatic carbocycles. The SMILES string of the molecule is Cc1nc(C2CCCC(C)C2)cnc1N. The third-order valence-corrected chi connectivity index (χ3v) is 3.36. The fraction of sp³-hybridized carbons (Fsp3) is 0.667. The molecular weight excluding hydrogens is 186 g/mol. The highest BCUT2D eigenvalue weighted by atomic mass is 14.9. The van der Waals surface area contributed by atoms with Crippen molar-refractivity contribution in [3.63, 3.8) is 0 Å². The first-order valence-electron chi connectivity index (χ1n) is 5.76. The molecule has 0 bridgehead atoms. The van der Waals surface area contributed by atoms with Crippen molar-refractivity contribution >= 4 is 5.82 Å². The molecule has 1 aliphatic carbocycles. The molecule has 0 aliphatic heterocycles. The Morgan fingerprint density at radius 1 is 1.40 bits per heavy atom. The topological polar surface area (TPSA) is 51.8 Å². The highest BCUT2D eigenvalue weighted by Gasteiger charge is 2.21. The molecule has 0 spiro atoms. The van der Waals surface area contributed by atoms with E-state index in [2.05, 4.69) is 16.9 Å². The maximum atomic E-state index is 5.67. The number of anilines is 1. The fourth-order valence-corrected chi connectivity index (χ4v) is 2.41. The van der Waals surface area contributed by atoms with Gasteiger partial charge in [0.05, 0.1) is 17.6 Å². The van der Waals surface area contributed by atoms with Crippen molar-refractivity contribution in [2.45, 2.75) is 45.4 Å². The van der Waals surface area contributed by atoms with Crippen LogP contribution in [0.3, 0.4) is 0 Å². The average molecular weight is 205 g/mol. The Bertz CT molecular complexity index is 349. The lowest BCUT2D eigenvalue weighted by Crippen LogP contribution is -2.14. The zero-order valence-electron chi connectivity index (χ0n) is 9.53. The van der Waals surface area contributed by atoms with E-state index < -0.39 is 0 Å². The van der Waals surface area contributed by atoms with E-state index in [1.54, 1.807) is 0 Å². The molecule has 0 radical (unpaired) electrons. The van der Waals surface area contributed by atoms with Crippen LogP contribution in [0.2, 0.25) is 0 Å². The normalized spacial score (nSPS) is 26.5. The molecule has 2 N–H and O–H groups in total. The molecule has 1 saturated carbocycles. The molecule has 1 fully saturated rings. The molecule has 2 unspecified atom stereocenters. The molecule has 0 saturated heterocycles. The Hall–Kier alpha value is -1.12. The van der Waals surface area contributed by atoms with Crippen LogP contribution in [0.1, 0.15) is 49.9 Å². The minimum Gasteiger partial charge on any atom is -0.382 e. The number of rotatable bonds is 1. The Balaban J connectivity index is 2.18. The zero-order chi connectivity index (χ0) is 10.8. The Morgan fingerprint density at radius 3 is 2.87 bits per heavy atom. The third kappa shape index (κ3) is 2.28. The summed E-state index contributed by atoms with van der Waals surface area (Å²) in [5.74, 6) is 1.98. The predicted molar refractivity (Wildman–Crippen MR) is 61.6 cm³/mol. The molecule has 15 heavy (non-hydrogen) atoms. The Morgan fingerprint density at radius 2 is 2.20 bits per heavy atom. The number of hydrogen-bond donors (Lipinski definition) is 1. The van der Waals surface area contributed by atoms with Crippen LogP contribution in [0.5, 0.6) is 0 Å². The lowest BCUT2D eigenvalue weighted by atomic mass is 9.81. The molecule has 1 aromatic rings. The van der Waals surface area contributed by atoms with Crippen molar-refractivity contribution in [1.82, 2.24) is 9.97 Å². The number of aryl methyl sites for hydroxylation is 1. The van der Waals surface area contributed by atoms with Crippen LogP contribution in [0.25, 0.3) is 0 Å². The van der Waals surface area contributed by atoms with Crippen molar-refractivity contribution in [1.29, 1.82) is 0 Å². The van der Waals surface area contributed by atoms with Gasteiger partial charge in [0.15, 0.2) is 0 Å². The first-order chi connectivity index (χ1) is 7.16. The van der Waals surface area contributed by atoms with Crippen LogP contribution >= 0.6 is 0 Å². The Kier molecular flexibility index (Phi) is 2.89. The standard InChI is InChI=1S/C12H19N3/c1-8-4-3-5-10(6-8)11-7-14-12(13)9(2)15-11/h7-8,10H,3-6H2,1-2H3,(H2,13,14). The molecular formula is C12H19N3. The molecule has 3 nitrogen and oxygen atoms in total. The van der Waals surface area contributed by atoms with Gasteiger partial charge in [0.2, 0.25) is 0 Å². The third-order valence-electron chi connectivity index (χ3n) is 3.36. The molecule has 3 heteroatoms. The van der Waals surface area contributed by atoms with Crippen molar-refractivity contribution < 1.29 is 0 Å². The van der Waals surface area contributed by atoms with E-state index in [9.17, 15) is 0 Å². The summed E-state index contributed by atoms with van der Waals surface area (Å²) in [6.07, 6.45) is 7.03. The van der Waals surface area contributed by atoms with Gasteiger partial charge in [-0.05, 0) is 25.7 Å². The minimum absolute atomic E-state index is 0.558. The van der Waals surface area contributed by atoms with Crippen molar-refractivity contribution in [3.05, 3.63) is 17.6 Å². The number of aromatic nitrogens is 2. The second kappa shape index (κ2) is 4.17. The van der Waals surface area contributed by atoms with Gasteiger partial charge in [-0.2, -0.15) is 0 Å². The van der Waals surface area contributed by atoms with E-state index in [0.717, 1.165) is 17.3 Å². The number of hydrogen-bond acceptors (Lipinski definition) is 3. The lowest BCUT2D eigenvalue weighted by Gasteiger charge is -2.26.